The highest BCUT2D eigenvalue weighted by Crippen LogP contribution is 2.35. The molecule has 3 rings (SSSR count). The van der Waals surface area contributed by atoms with E-state index in [0.29, 0.717) is 5.56 Å². The fraction of sp³-hybridized carbons (Fsp3) is 0.136. The number of rotatable bonds is 5. The van der Waals surface area contributed by atoms with Crippen LogP contribution in [0.2, 0.25) is 5.02 Å². The SMILES string of the molecule is FC(F)(F)c1cccc(CON=C(c2ccccc2)c2cc(Cl)ccc2C(F)(F)F)c1. The molecule has 9 heteroatoms. The Morgan fingerprint density at radius 2 is 1.52 bits per heavy atom. The van der Waals surface area contributed by atoms with Gasteiger partial charge in [0, 0.05) is 16.1 Å². The minimum Gasteiger partial charge on any atom is -0.390 e. The van der Waals surface area contributed by atoms with Crippen molar-refractivity contribution in [1.29, 1.82) is 0 Å². The van der Waals surface area contributed by atoms with Crippen molar-refractivity contribution in [3.05, 3.63) is 106 Å². The molecule has 3 aromatic rings. The first-order valence-electron chi connectivity index (χ1n) is 8.84. The van der Waals surface area contributed by atoms with Crippen LogP contribution in [0.15, 0.2) is 78.0 Å². The van der Waals surface area contributed by atoms with E-state index in [-0.39, 0.29) is 28.5 Å². The summed E-state index contributed by atoms with van der Waals surface area (Å²) in [6.45, 7) is -0.373. The quantitative estimate of drug-likeness (QED) is 0.223. The van der Waals surface area contributed by atoms with Crippen molar-refractivity contribution in [2.45, 2.75) is 19.0 Å². The van der Waals surface area contributed by atoms with Gasteiger partial charge in [-0.3, -0.25) is 0 Å². The van der Waals surface area contributed by atoms with Crippen LogP contribution in [0.3, 0.4) is 0 Å². The summed E-state index contributed by atoms with van der Waals surface area (Å²) >= 11 is 5.92. The molecule has 0 aliphatic rings. The first kappa shape index (κ1) is 22.7. The minimum atomic E-state index is -4.68. The molecule has 0 atom stereocenters. The molecule has 0 heterocycles. The molecule has 0 aliphatic heterocycles. The standard InChI is InChI=1S/C22H14ClF6NO/c23-17-9-10-19(22(27,28)29)18(12-17)20(15-6-2-1-3-7-15)30-31-13-14-5-4-8-16(11-14)21(24,25)26/h1-12H,13H2. The summed E-state index contributed by atoms with van der Waals surface area (Å²) in [5.41, 5.74) is -1.82. The van der Waals surface area contributed by atoms with Gasteiger partial charge in [-0.2, -0.15) is 26.3 Å². The second kappa shape index (κ2) is 9.01. The van der Waals surface area contributed by atoms with E-state index in [1.54, 1.807) is 18.2 Å². The van der Waals surface area contributed by atoms with Crippen LogP contribution >= 0.6 is 11.6 Å². The van der Waals surface area contributed by atoms with E-state index in [2.05, 4.69) is 5.16 Å². The average Bonchev–Trinajstić information content (AvgIpc) is 2.70. The Morgan fingerprint density at radius 1 is 0.806 bits per heavy atom. The zero-order valence-electron chi connectivity index (χ0n) is 15.6. The zero-order valence-corrected chi connectivity index (χ0v) is 16.4. The lowest BCUT2D eigenvalue weighted by atomic mass is 9.97. The summed E-state index contributed by atoms with van der Waals surface area (Å²) in [5.74, 6) is 0. The molecule has 162 valence electrons. The molecule has 3 aromatic carbocycles. The molecule has 0 bridgehead atoms. The number of halogens is 7. The van der Waals surface area contributed by atoms with Gasteiger partial charge in [-0.05, 0) is 35.9 Å². The first-order valence-corrected chi connectivity index (χ1v) is 9.22. The van der Waals surface area contributed by atoms with Crippen LogP contribution in [-0.4, -0.2) is 5.71 Å². The summed E-state index contributed by atoms with van der Waals surface area (Å²) in [6.07, 6.45) is -9.21. The van der Waals surface area contributed by atoms with E-state index in [4.69, 9.17) is 16.4 Å². The van der Waals surface area contributed by atoms with Gasteiger partial charge in [-0.1, -0.05) is 59.2 Å². The van der Waals surface area contributed by atoms with Crippen molar-refractivity contribution < 1.29 is 31.2 Å². The van der Waals surface area contributed by atoms with Gasteiger partial charge in [0.05, 0.1) is 11.1 Å². The average molecular weight is 458 g/mol. The van der Waals surface area contributed by atoms with Crippen LogP contribution in [0.1, 0.15) is 27.8 Å². The lowest BCUT2D eigenvalue weighted by molar-refractivity contribution is -0.138. The van der Waals surface area contributed by atoms with Crippen LogP contribution in [0.4, 0.5) is 26.3 Å². The maximum absolute atomic E-state index is 13.6. The Hall–Kier alpha value is -3.00. The lowest BCUT2D eigenvalue weighted by Crippen LogP contribution is -2.15. The topological polar surface area (TPSA) is 21.6 Å². The lowest BCUT2D eigenvalue weighted by Gasteiger charge is -2.15. The van der Waals surface area contributed by atoms with Gasteiger partial charge in [0.15, 0.2) is 0 Å². The molecule has 0 unspecified atom stereocenters. The summed E-state index contributed by atoms with van der Waals surface area (Å²) in [4.78, 5) is 5.18. The predicted octanol–water partition coefficient (Wildman–Crippen LogP) is 7.35. The van der Waals surface area contributed by atoms with E-state index in [1.807, 2.05) is 0 Å². The summed E-state index contributed by atoms with van der Waals surface area (Å²) in [5, 5.41) is 3.90. The van der Waals surface area contributed by atoms with Gasteiger partial charge in [-0.25, -0.2) is 0 Å². The van der Waals surface area contributed by atoms with Gasteiger partial charge < -0.3 is 4.84 Å². The predicted molar refractivity (Wildman–Crippen MR) is 105 cm³/mol. The summed E-state index contributed by atoms with van der Waals surface area (Å²) in [6, 6.07) is 15.4. The normalized spacial score (nSPS) is 12.7. The molecule has 0 saturated carbocycles. The van der Waals surface area contributed by atoms with Crippen molar-refractivity contribution in [2.24, 2.45) is 5.16 Å². The van der Waals surface area contributed by atoms with Crippen molar-refractivity contribution in [1.82, 2.24) is 0 Å². The molecule has 0 N–H and O–H groups in total. The van der Waals surface area contributed by atoms with Gasteiger partial charge >= 0.3 is 12.4 Å². The van der Waals surface area contributed by atoms with Crippen LogP contribution in [0, 0.1) is 0 Å². The van der Waals surface area contributed by atoms with E-state index in [9.17, 15) is 26.3 Å². The first-order chi connectivity index (χ1) is 14.6. The summed E-state index contributed by atoms with van der Waals surface area (Å²) < 4.78 is 79.3. The third-order valence-electron chi connectivity index (χ3n) is 4.23. The maximum atomic E-state index is 13.6. The number of oxime groups is 1. The molecule has 0 amide bonds. The molecule has 0 spiro atoms. The smallest absolute Gasteiger partial charge is 0.390 e. The maximum Gasteiger partial charge on any atom is 0.417 e. The molecule has 0 radical (unpaired) electrons. The fourth-order valence-electron chi connectivity index (χ4n) is 2.82. The van der Waals surface area contributed by atoms with Crippen LogP contribution in [0.25, 0.3) is 0 Å². The van der Waals surface area contributed by atoms with Crippen molar-refractivity contribution in [2.75, 3.05) is 0 Å². The van der Waals surface area contributed by atoms with E-state index in [0.717, 1.165) is 30.3 Å². The number of hydrogen-bond donors (Lipinski definition) is 0. The second-order valence-corrected chi connectivity index (χ2v) is 6.90. The number of alkyl halides is 6. The highest BCUT2D eigenvalue weighted by atomic mass is 35.5. The van der Waals surface area contributed by atoms with Crippen LogP contribution < -0.4 is 0 Å². The molecule has 0 aliphatic carbocycles. The van der Waals surface area contributed by atoms with Crippen LogP contribution in [0.5, 0.6) is 0 Å². The molecule has 31 heavy (non-hydrogen) atoms. The third kappa shape index (κ3) is 5.79. The number of hydrogen-bond acceptors (Lipinski definition) is 2. The molecule has 0 aromatic heterocycles. The highest BCUT2D eigenvalue weighted by molar-refractivity contribution is 6.31. The fourth-order valence-corrected chi connectivity index (χ4v) is 2.99. The van der Waals surface area contributed by atoms with Crippen molar-refractivity contribution >= 4 is 17.3 Å². The molecule has 0 fully saturated rings. The highest BCUT2D eigenvalue weighted by Gasteiger charge is 2.35. The number of benzene rings is 3. The van der Waals surface area contributed by atoms with E-state index in [1.165, 1.54) is 24.3 Å². The minimum absolute atomic E-state index is 0.0597. The molecule has 2 nitrogen and oxygen atoms in total. The van der Waals surface area contributed by atoms with E-state index < -0.39 is 23.5 Å². The molecular weight excluding hydrogens is 444 g/mol. The second-order valence-electron chi connectivity index (χ2n) is 6.47. The summed E-state index contributed by atoms with van der Waals surface area (Å²) in [7, 11) is 0. The van der Waals surface area contributed by atoms with Gasteiger partial charge in [0.2, 0.25) is 0 Å². The molecule has 0 saturated heterocycles. The Bertz CT molecular complexity index is 1080. The molecular formula is C22H14ClF6NO. The Labute approximate surface area is 178 Å². The van der Waals surface area contributed by atoms with Crippen LogP contribution in [-0.2, 0) is 23.8 Å². The zero-order chi connectivity index (χ0) is 22.6. The third-order valence-corrected chi connectivity index (χ3v) is 4.47. The van der Waals surface area contributed by atoms with Gasteiger partial charge in [0.1, 0.15) is 12.3 Å². The Kier molecular flexibility index (Phi) is 6.59. The van der Waals surface area contributed by atoms with E-state index >= 15 is 0 Å². The number of nitrogens with zero attached hydrogens (tertiary/aromatic N) is 1. The van der Waals surface area contributed by atoms with Gasteiger partial charge in [-0.15, -0.1) is 0 Å². The van der Waals surface area contributed by atoms with Gasteiger partial charge in [0.25, 0.3) is 0 Å². The Balaban J connectivity index is 1.99. The monoisotopic (exact) mass is 457 g/mol. The van der Waals surface area contributed by atoms with Crippen molar-refractivity contribution in [3.8, 4) is 0 Å². The van der Waals surface area contributed by atoms with Crippen molar-refractivity contribution in [3.63, 3.8) is 0 Å². The largest absolute Gasteiger partial charge is 0.417 e. The Morgan fingerprint density at radius 3 is 2.16 bits per heavy atom.